The Hall–Kier alpha value is -1.84. The van der Waals surface area contributed by atoms with Gasteiger partial charge in [-0.15, -0.1) is 0 Å². The highest BCUT2D eigenvalue weighted by Gasteiger charge is 2.26. The lowest BCUT2D eigenvalue weighted by atomic mass is 9.91. The number of pyridine rings is 1. The minimum Gasteiger partial charge on any atom is -0.338 e. The van der Waals surface area contributed by atoms with Crippen LogP contribution in [0.2, 0.25) is 0 Å². The van der Waals surface area contributed by atoms with E-state index in [-0.39, 0.29) is 5.91 Å². The molecule has 0 aliphatic carbocycles. The van der Waals surface area contributed by atoms with Gasteiger partial charge in [0.1, 0.15) is 5.65 Å². The van der Waals surface area contributed by atoms with E-state index in [2.05, 4.69) is 32.7 Å². The molecule has 22 heavy (non-hydrogen) atoms. The Bertz CT molecular complexity index is 694. The molecule has 1 saturated heterocycles. The summed E-state index contributed by atoms with van der Waals surface area (Å²) < 4.78 is 2.04. The summed E-state index contributed by atoms with van der Waals surface area (Å²) in [4.78, 5) is 19.4. The first-order chi connectivity index (χ1) is 10.5. The SMILES string of the molecule is CCc1nc2ccc(C(=O)N3CC(C)CC(C)C3)cn2c1C. The lowest BCUT2D eigenvalue weighted by Gasteiger charge is -2.35. The van der Waals surface area contributed by atoms with Gasteiger partial charge in [-0.25, -0.2) is 4.98 Å². The maximum atomic E-state index is 12.8. The van der Waals surface area contributed by atoms with Crippen LogP contribution in [0.5, 0.6) is 0 Å². The van der Waals surface area contributed by atoms with Crippen LogP contribution in [0.25, 0.3) is 5.65 Å². The van der Waals surface area contributed by atoms with Gasteiger partial charge in [0.2, 0.25) is 0 Å². The second-order valence-corrected chi connectivity index (χ2v) is 6.80. The fourth-order valence-electron chi connectivity index (χ4n) is 3.68. The number of piperidine rings is 1. The van der Waals surface area contributed by atoms with E-state index in [9.17, 15) is 4.79 Å². The van der Waals surface area contributed by atoms with E-state index in [1.165, 1.54) is 6.42 Å². The molecular weight excluding hydrogens is 274 g/mol. The topological polar surface area (TPSA) is 37.6 Å². The zero-order valence-electron chi connectivity index (χ0n) is 14.0. The van der Waals surface area contributed by atoms with Crippen molar-refractivity contribution in [3.8, 4) is 0 Å². The predicted molar refractivity (Wildman–Crippen MR) is 88.2 cm³/mol. The van der Waals surface area contributed by atoms with Crippen molar-refractivity contribution in [2.75, 3.05) is 13.1 Å². The number of hydrogen-bond acceptors (Lipinski definition) is 2. The quantitative estimate of drug-likeness (QED) is 0.853. The Balaban J connectivity index is 1.92. The van der Waals surface area contributed by atoms with Gasteiger partial charge in [-0.05, 0) is 43.7 Å². The van der Waals surface area contributed by atoms with Crippen molar-refractivity contribution in [2.24, 2.45) is 11.8 Å². The second kappa shape index (κ2) is 5.75. The standard InChI is InChI=1S/C18H25N3O/c1-5-16-14(4)21-11-15(6-7-17(21)19-16)18(22)20-9-12(2)8-13(3)10-20/h6-7,11-13H,5,8-10H2,1-4H3. The van der Waals surface area contributed by atoms with Crippen LogP contribution in [0, 0.1) is 18.8 Å². The fraction of sp³-hybridized carbons (Fsp3) is 0.556. The number of carbonyl (C=O) groups is 1. The molecule has 2 unspecified atom stereocenters. The van der Waals surface area contributed by atoms with Crippen molar-refractivity contribution >= 4 is 11.6 Å². The van der Waals surface area contributed by atoms with E-state index in [0.717, 1.165) is 42.1 Å². The van der Waals surface area contributed by atoms with Crippen molar-refractivity contribution in [3.05, 3.63) is 35.3 Å². The number of imidazole rings is 1. The Labute approximate surface area is 132 Å². The smallest absolute Gasteiger partial charge is 0.255 e. The zero-order chi connectivity index (χ0) is 15.9. The van der Waals surface area contributed by atoms with Crippen molar-refractivity contribution < 1.29 is 4.79 Å². The molecule has 0 spiro atoms. The number of hydrogen-bond donors (Lipinski definition) is 0. The van der Waals surface area contributed by atoms with Crippen molar-refractivity contribution in [1.82, 2.24) is 14.3 Å². The van der Waals surface area contributed by atoms with Gasteiger partial charge in [-0.2, -0.15) is 0 Å². The van der Waals surface area contributed by atoms with Crippen LogP contribution in [0.4, 0.5) is 0 Å². The first kappa shape index (κ1) is 15.1. The maximum Gasteiger partial charge on any atom is 0.255 e. The third-order valence-electron chi connectivity index (χ3n) is 4.69. The van der Waals surface area contributed by atoms with Crippen LogP contribution in [0.15, 0.2) is 18.3 Å². The van der Waals surface area contributed by atoms with Gasteiger partial charge in [0.25, 0.3) is 5.91 Å². The summed E-state index contributed by atoms with van der Waals surface area (Å²) in [5.74, 6) is 1.31. The molecule has 2 atom stereocenters. The molecular formula is C18H25N3O. The summed E-state index contributed by atoms with van der Waals surface area (Å²) in [7, 11) is 0. The molecule has 4 nitrogen and oxygen atoms in total. The fourth-order valence-corrected chi connectivity index (χ4v) is 3.68. The number of aromatic nitrogens is 2. The van der Waals surface area contributed by atoms with Gasteiger partial charge < -0.3 is 9.30 Å². The van der Waals surface area contributed by atoms with Gasteiger partial charge in [0, 0.05) is 25.0 Å². The van der Waals surface area contributed by atoms with Crippen LogP contribution in [-0.4, -0.2) is 33.3 Å². The molecule has 1 fully saturated rings. The van der Waals surface area contributed by atoms with Gasteiger partial charge in [0.05, 0.1) is 11.3 Å². The number of likely N-dealkylation sites (tertiary alicyclic amines) is 1. The number of fused-ring (bicyclic) bond motifs is 1. The van der Waals surface area contributed by atoms with E-state index in [4.69, 9.17) is 0 Å². The number of nitrogens with zero attached hydrogens (tertiary/aromatic N) is 3. The minimum atomic E-state index is 0.145. The molecule has 0 aromatic carbocycles. The van der Waals surface area contributed by atoms with Gasteiger partial charge in [0.15, 0.2) is 0 Å². The molecule has 2 aromatic rings. The molecule has 0 radical (unpaired) electrons. The lowest BCUT2D eigenvalue weighted by Crippen LogP contribution is -2.42. The van der Waals surface area contributed by atoms with Crippen molar-refractivity contribution in [3.63, 3.8) is 0 Å². The summed E-state index contributed by atoms with van der Waals surface area (Å²) in [5.41, 5.74) is 3.92. The minimum absolute atomic E-state index is 0.145. The molecule has 0 saturated carbocycles. The summed E-state index contributed by atoms with van der Waals surface area (Å²) in [6.45, 7) is 10.4. The number of carbonyl (C=O) groups excluding carboxylic acids is 1. The normalized spacial score (nSPS) is 22.3. The number of amides is 1. The van der Waals surface area contributed by atoms with E-state index in [1.54, 1.807) is 0 Å². The zero-order valence-corrected chi connectivity index (χ0v) is 14.0. The molecule has 0 N–H and O–H groups in total. The molecule has 4 heteroatoms. The predicted octanol–water partition coefficient (Wildman–Crippen LogP) is 3.32. The van der Waals surface area contributed by atoms with E-state index in [0.29, 0.717) is 11.8 Å². The van der Waals surface area contributed by atoms with Crippen molar-refractivity contribution in [2.45, 2.75) is 40.5 Å². The van der Waals surface area contributed by atoms with Crippen LogP contribution in [-0.2, 0) is 6.42 Å². The highest BCUT2D eigenvalue weighted by atomic mass is 16.2. The highest BCUT2D eigenvalue weighted by molar-refractivity contribution is 5.94. The summed E-state index contributed by atoms with van der Waals surface area (Å²) in [6, 6.07) is 3.86. The summed E-state index contributed by atoms with van der Waals surface area (Å²) >= 11 is 0. The Morgan fingerprint density at radius 1 is 1.27 bits per heavy atom. The summed E-state index contributed by atoms with van der Waals surface area (Å²) in [5, 5.41) is 0. The molecule has 118 valence electrons. The number of aryl methyl sites for hydroxylation is 2. The second-order valence-electron chi connectivity index (χ2n) is 6.80. The maximum absolute atomic E-state index is 12.8. The third kappa shape index (κ3) is 2.62. The molecule has 1 aliphatic rings. The van der Waals surface area contributed by atoms with Crippen LogP contribution in [0.3, 0.4) is 0 Å². The van der Waals surface area contributed by atoms with Gasteiger partial charge in [-0.3, -0.25) is 4.79 Å². The van der Waals surface area contributed by atoms with Gasteiger partial charge in [-0.1, -0.05) is 20.8 Å². The number of rotatable bonds is 2. The van der Waals surface area contributed by atoms with Crippen LogP contribution in [0.1, 0.15) is 48.9 Å². The summed E-state index contributed by atoms with van der Waals surface area (Å²) in [6.07, 6.45) is 4.07. The van der Waals surface area contributed by atoms with Crippen LogP contribution < -0.4 is 0 Å². The largest absolute Gasteiger partial charge is 0.338 e. The highest BCUT2D eigenvalue weighted by Crippen LogP contribution is 2.23. The molecule has 2 aromatic heterocycles. The molecule has 3 rings (SSSR count). The van der Waals surface area contributed by atoms with E-state index < -0.39 is 0 Å². The molecule has 1 amide bonds. The van der Waals surface area contributed by atoms with Crippen molar-refractivity contribution in [1.29, 1.82) is 0 Å². The van der Waals surface area contributed by atoms with Gasteiger partial charge >= 0.3 is 0 Å². The van der Waals surface area contributed by atoms with E-state index in [1.807, 2.05) is 27.6 Å². The molecule has 3 heterocycles. The third-order valence-corrected chi connectivity index (χ3v) is 4.69. The first-order valence-electron chi connectivity index (χ1n) is 8.26. The lowest BCUT2D eigenvalue weighted by molar-refractivity contribution is 0.0622. The Kier molecular flexibility index (Phi) is 3.94. The Morgan fingerprint density at radius 2 is 1.95 bits per heavy atom. The van der Waals surface area contributed by atoms with E-state index >= 15 is 0 Å². The average molecular weight is 299 g/mol. The van der Waals surface area contributed by atoms with Crippen LogP contribution >= 0.6 is 0 Å². The Morgan fingerprint density at radius 3 is 2.59 bits per heavy atom. The molecule has 1 aliphatic heterocycles. The average Bonchev–Trinajstić information content (AvgIpc) is 2.81. The monoisotopic (exact) mass is 299 g/mol. The first-order valence-corrected chi connectivity index (χ1v) is 8.26. The molecule has 0 bridgehead atoms.